The maximum Gasteiger partial charge on any atom is 0.236 e. The van der Waals surface area contributed by atoms with Gasteiger partial charge in [-0.05, 0) is 32.0 Å². The molecule has 1 aromatic rings. The average molecular weight is 238 g/mol. The summed E-state index contributed by atoms with van der Waals surface area (Å²) in [5, 5.41) is 24.6. The van der Waals surface area contributed by atoms with Crippen molar-refractivity contribution >= 4 is 5.91 Å². The van der Waals surface area contributed by atoms with Gasteiger partial charge in [0.1, 0.15) is 11.5 Å². The number of rotatable bonds is 4. The first-order valence-electron chi connectivity index (χ1n) is 5.45. The Kier molecular flexibility index (Phi) is 4.34. The Morgan fingerprint density at radius 2 is 1.94 bits per heavy atom. The van der Waals surface area contributed by atoms with E-state index in [-0.39, 0.29) is 29.5 Å². The summed E-state index contributed by atoms with van der Waals surface area (Å²) >= 11 is 0. The van der Waals surface area contributed by atoms with E-state index in [4.69, 9.17) is 0 Å². The van der Waals surface area contributed by atoms with Crippen molar-refractivity contribution in [1.29, 1.82) is 0 Å². The third kappa shape index (κ3) is 3.35. The largest absolute Gasteiger partial charge is 0.508 e. The summed E-state index contributed by atoms with van der Waals surface area (Å²) in [7, 11) is 1.57. The second-order valence-corrected chi connectivity index (χ2v) is 3.97. The summed E-state index contributed by atoms with van der Waals surface area (Å²) < 4.78 is 0. The van der Waals surface area contributed by atoms with Crippen LogP contribution in [0.25, 0.3) is 0 Å². The molecule has 2 atom stereocenters. The number of phenolic OH excluding ortho intramolecular Hbond substituents is 2. The van der Waals surface area contributed by atoms with Crippen LogP contribution < -0.4 is 10.6 Å². The lowest BCUT2D eigenvalue weighted by atomic mass is 10.1. The molecule has 0 aliphatic carbocycles. The van der Waals surface area contributed by atoms with Gasteiger partial charge in [-0.1, -0.05) is 0 Å². The average Bonchev–Trinajstić information content (AvgIpc) is 2.30. The first-order valence-corrected chi connectivity index (χ1v) is 5.45. The van der Waals surface area contributed by atoms with Crippen molar-refractivity contribution in [1.82, 2.24) is 10.6 Å². The number of hydrogen-bond acceptors (Lipinski definition) is 4. The fourth-order valence-corrected chi connectivity index (χ4v) is 1.65. The van der Waals surface area contributed by atoms with Crippen LogP contribution in [0.5, 0.6) is 11.5 Å². The van der Waals surface area contributed by atoms with Crippen molar-refractivity contribution in [2.75, 3.05) is 7.05 Å². The highest BCUT2D eigenvalue weighted by atomic mass is 16.3. The van der Waals surface area contributed by atoms with Crippen LogP contribution in [-0.2, 0) is 4.79 Å². The monoisotopic (exact) mass is 238 g/mol. The molecule has 0 aliphatic rings. The third-order valence-electron chi connectivity index (χ3n) is 2.62. The number of aromatic hydroxyl groups is 2. The van der Waals surface area contributed by atoms with E-state index in [1.54, 1.807) is 14.0 Å². The summed E-state index contributed by atoms with van der Waals surface area (Å²) in [6.45, 7) is 3.54. The zero-order valence-corrected chi connectivity index (χ0v) is 10.2. The van der Waals surface area contributed by atoms with Gasteiger partial charge in [-0.25, -0.2) is 0 Å². The second kappa shape index (κ2) is 5.54. The molecule has 0 saturated heterocycles. The zero-order valence-electron chi connectivity index (χ0n) is 10.2. The number of carbonyl (C=O) groups is 1. The number of hydrogen-bond donors (Lipinski definition) is 4. The van der Waals surface area contributed by atoms with E-state index in [1.165, 1.54) is 18.2 Å². The zero-order chi connectivity index (χ0) is 13.0. The van der Waals surface area contributed by atoms with Crippen molar-refractivity contribution in [2.24, 2.45) is 0 Å². The van der Waals surface area contributed by atoms with E-state index in [1.807, 2.05) is 6.92 Å². The third-order valence-corrected chi connectivity index (χ3v) is 2.62. The van der Waals surface area contributed by atoms with E-state index in [2.05, 4.69) is 10.6 Å². The number of carbonyl (C=O) groups excluding carboxylic acids is 1. The van der Waals surface area contributed by atoms with Crippen LogP contribution in [-0.4, -0.2) is 29.2 Å². The van der Waals surface area contributed by atoms with Gasteiger partial charge in [0.25, 0.3) is 0 Å². The summed E-state index contributed by atoms with van der Waals surface area (Å²) in [5.74, 6) is 0.0439. The molecule has 5 heteroatoms. The first kappa shape index (κ1) is 13.3. The van der Waals surface area contributed by atoms with Gasteiger partial charge in [-0.3, -0.25) is 10.1 Å². The molecule has 0 aliphatic heterocycles. The Hall–Kier alpha value is -1.75. The number of phenols is 2. The van der Waals surface area contributed by atoms with Crippen molar-refractivity contribution in [3.8, 4) is 11.5 Å². The highest BCUT2D eigenvalue weighted by Gasteiger charge is 2.17. The fraction of sp³-hybridized carbons (Fsp3) is 0.417. The lowest BCUT2D eigenvalue weighted by molar-refractivity contribution is -0.122. The molecule has 0 heterocycles. The van der Waals surface area contributed by atoms with Crippen molar-refractivity contribution in [2.45, 2.75) is 25.9 Å². The van der Waals surface area contributed by atoms with E-state index in [0.717, 1.165) is 0 Å². The Bertz CT molecular complexity index is 407. The van der Waals surface area contributed by atoms with E-state index < -0.39 is 0 Å². The van der Waals surface area contributed by atoms with Gasteiger partial charge in [-0.15, -0.1) is 0 Å². The summed E-state index contributed by atoms with van der Waals surface area (Å²) in [6, 6.07) is 3.69. The van der Waals surface area contributed by atoms with Gasteiger partial charge in [-0.2, -0.15) is 0 Å². The molecule has 0 bridgehead atoms. The lowest BCUT2D eigenvalue weighted by Crippen LogP contribution is -2.41. The van der Waals surface area contributed by atoms with Gasteiger partial charge in [0, 0.05) is 18.7 Å². The van der Waals surface area contributed by atoms with Crippen molar-refractivity contribution in [3.05, 3.63) is 23.8 Å². The fourth-order valence-electron chi connectivity index (χ4n) is 1.65. The summed E-state index contributed by atoms with van der Waals surface area (Å²) in [6.07, 6.45) is 0. The standard InChI is InChI=1S/C12H18N2O3/c1-7(14-8(2)12(17)13-3)10-6-9(15)4-5-11(10)16/h4-8,14-16H,1-3H3,(H,13,17). The summed E-state index contributed by atoms with van der Waals surface area (Å²) in [5.41, 5.74) is 0.556. The molecule has 1 aromatic carbocycles. The molecule has 2 unspecified atom stereocenters. The number of nitrogens with one attached hydrogen (secondary N) is 2. The topological polar surface area (TPSA) is 81.6 Å². The predicted molar refractivity (Wildman–Crippen MR) is 64.9 cm³/mol. The molecule has 4 N–H and O–H groups in total. The van der Waals surface area contributed by atoms with E-state index in [0.29, 0.717) is 5.56 Å². The van der Waals surface area contributed by atoms with Crippen LogP contribution in [0.4, 0.5) is 0 Å². The number of benzene rings is 1. The molecule has 1 rings (SSSR count). The Labute approximate surface area is 100 Å². The van der Waals surface area contributed by atoms with Crippen molar-refractivity contribution in [3.63, 3.8) is 0 Å². The van der Waals surface area contributed by atoms with Crippen LogP contribution in [0.3, 0.4) is 0 Å². The SMILES string of the molecule is CNC(=O)C(C)NC(C)c1cc(O)ccc1O. The molecule has 5 nitrogen and oxygen atoms in total. The molecule has 0 saturated carbocycles. The number of likely N-dealkylation sites (N-methyl/N-ethyl adjacent to an activating group) is 1. The van der Waals surface area contributed by atoms with Gasteiger partial charge in [0.2, 0.25) is 5.91 Å². The Morgan fingerprint density at radius 3 is 2.53 bits per heavy atom. The predicted octanol–water partition coefficient (Wildman–Crippen LogP) is 0.883. The Morgan fingerprint density at radius 1 is 1.29 bits per heavy atom. The molecule has 0 aromatic heterocycles. The van der Waals surface area contributed by atoms with Gasteiger partial charge in [0.05, 0.1) is 6.04 Å². The van der Waals surface area contributed by atoms with E-state index in [9.17, 15) is 15.0 Å². The highest BCUT2D eigenvalue weighted by molar-refractivity contribution is 5.81. The van der Waals surface area contributed by atoms with E-state index >= 15 is 0 Å². The van der Waals surface area contributed by atoms with Crippen LogP contribution in [0, 0.1) is 0 Å². The molecule has 0 fully saturated rings. The Balaban J connectivity index is 2.79. The van der Waals surface area contributed by atoms with Crippen LogP contribution in [0.1, 0.15) is 25.5 Å². The van der Waals surface area contributed by atoms with Crippen molar-refractivity contribution < 1.29 is 15.0 Å². The van der Waals surface area contributed by atoms with Crippen LogP contribution in [0.15, 0.2) is 18.2 Å². The number of amides is 1. The molecule has 1 amide bonds. The van der Waals surface area contributed by atoms with Crippen LogP contribution in [0.2, 0.25) is 0 Å². The normalized spacial score (nSPS) is 14.1. The minimum absolute atomic E-state index is 0.0825. The van der Waals surface area contributed by atoms with Crippen LogP contribution >= 0.6 is 0 Å². The van der Waals surface area contributed by atoms with Gasteiger partial charge in [0.15, 0.2) is 0 Å². The maximum absolute atomic E-state index is 11.3. The minimum Gasteiger partial charge on any atom is -0.508 e. The summed E-state index contributed by atoms with van der Waals surface area (Å²) in [4.78, 5) is 11.3. The molecule has 0 radical (unpaired) electrons. The van der Waals surface area contributed by atoms with Gasteiger partial charge < -0.3 is 15.5 Å². The highest BCUT2D eigenvalue weighted by Crippen LogP contribution is 2.27. The second-order valence-electron chi connectivity index (χ2n) is 3.97. The maximum atomic E-state index is 11.3. The first-order chi connectivity index (χ1) is 7.95. The molecular weight excluding hydrogens is 220 g/mol. The molecule has 0 spiro atoms. The minimum atomic E-state index is -0.378. The molecule has 17 heavy (non-hydrogen) atoms. The van der Waals surface area contributed by atoms with Gasteiger partial charge >= 0.3 is 0 Å². The smallest absolute Gasteiger partial charge is 0.236 e. The molecule has 94 valence electrons. The lowest BCUT2D eigenvalue weighted by Gasteiger charge is -2.20. The molecular formula is C12H18N2O3. The quantitative estimate of drug-likeness (QED) is 0.587.